The van der Waals surface area contributed by atoms with Gasteiger partial charge in [0.1, 0.15) is 5.82 Å². The van der Waals surface area contributed by atoms with Crippen molar-refractivity contribution in [3.05, 3.63) is 35.6 Å². The van der Waals surface area contributed by atoms with E-state index >= 15 is 0 Å². The molecule has 3 nitrogen and oxygen atoms in total. The third-order valence-electron chi connectivity index (χ3n) is 4.46. The van der Waals surface area contributed by atoms with Gasteiger partial charge >= 0.3 is 0 Å². The second-order valence-corrected chi connectivity index (χ2v) is 6.42. The summed E-state index contributed by atoms with van der Waals surface area (Å²) in [5.74, 6) is 0.544. The third kappa shape index (κ3) is 4.03. The smallest absolute Gasteiger partial charge is 0.234 e. The van der Waals surface area contributed by atoms with Gasteiger partial charge in [-0.2, -0.15) is 0 Å². The molecule has 21 heavy (non-hydrogen) atoms. The molecule has 0 spiro atoms. The molecule has 2 aliphatic carbocycles. The second-order valence-electron chi connectivity index (χ2n) is 6.42. The first-order valence-corrected chi connectivity index (χ1v) is 7.90. The maximum absolute atomic E-state index is 13.8. The Kier molecular flexibility index (Phi) is 4.24. The lowest BCUT2D eigenvalue weighted by molar-refractivity contribution is -0.123. The number of carbonyl (C=O) groups excluding carboxylic acids is 1. The highest BCUT2D eigenvalue weighted by atomic mass is 19.1. The van der Waals surface area contributed by atoms with Crippen LogP contribution in [-0.2, 0) is 11.3 Å². The number of rotatable bonds is 7. The Bertz CT molecular complexity index is 511. The third-order valence-corrected chi connectivity index (χ3v) is 4.46. The lowest BCUT2D eigenvalue weighted by atomic mass is 10.2. The van der Waals surface area contributed by atoms with Crippen molar-refractivity contribution in [1.82, 2.24) is 10.2 Å². The van der Waals surface area contributed by atoms with E-state index in [1.165, 1.54) is 18.9 Å². The summed E-state index contributed by atoms with van der Waals surface area (Å²) in [4.78, 5) is 14.3. The summed E-state index contributed by atoms with van der Waals surface area (Å²) in [6.45, 7) is 2.96. The van der Waals surface area contributed by atoms with Crippen LogP contribution >= 0.6 is 0 Å². The van der Waals surface area contributed by atoms with Crippen LogP contribution in [0.25, 0.3) is 0 Å². The van der Waals surface area contributed by atoms with Gasteiger partial charge in [0.05, 0.1) is 6.54 Å². The SMILES string of the molecule is CC(NC(=O)CN(Cc1ccccc1F)C1CC1)C1CC1. The molecule has 1 aromatic rings. The van der Waals surface area contributed by atoms with Crippen LogP contribution in [0.4, 0.5) is 4.39 Å². The van der Waals surface area contributed by atoms with Gasteiger partial charge in [-0.15, -0.1) is 0 Å². The molecule has 114 valence electrons. The van der Waals surface area contributed by atoms with Crippen LogP contribution in [0.3, 0.4) is 0 Å². The monoisotopic (exact) mass is 290 g/mol. The summed E-state index contributed by atoms with van der Waals surface area (Å²) in [5.41, 5.74) is 0.674. The molecule has 1 aromatic carbocycles. The van der Waals surface area contributed by atoms with Gasteiger partial charge in [0.15, 0.2) is 0 Å². The molecule has 1 amide bonds. The van der Waals surface area contributed by atoms with Gasteiger partial charge in [-0.25, -0.2) is 4.39 Å². The molecular formula is C17H23FN2O. The summed E-state index contributed by atoms with van der Waals surface area (Å²) in [6, 6.07) is 7.53. The largest absolute Gasteiger partial charge is 0.352 e. The minimum Gasteiger partial charge on any atom is -0.352 e. The molecule has 0 aliphatic heterocycles. The number of carbonyl (C=O) groups is 1. The van der Waals surface area contributed by atoms with Crippen molar-refractivity contribution in [3.63, 3.8) is 0 Å². The molecule has 1 atom stereocenters. The minimum atomic E-state index is -0.185. The van der Waals surface area contributed by atoms with E-state index in [4.69, 9.17) is 0 Å². The molecule has 2 aliphatic rings. The average molecular weight is 290 g/mol. The summed E-state index contributed by atoms with van der Waals surface area (Å²) < 4.78 is 13.8. The lowest BCUT2D eigenvalue weighted by Gasteiger charge is -2.23. The number of halogens is 1. The summed E-state index contributed by atoms with van der Waals surface area (Å²) >= 11 is 0. The van der Waals surface area contributed by atoms with Crippen LogP contribution in [0.5, 0.6) is 0 Å². The molecule has 0 saturated heterocycles. The zero-order chi connectivity index (χ0) is 14.8. The molecule has 0 heterocycles. The fraction of sp³-hybridized carbons (Fsp3) is 0.588. The van der Waals surface area contributed by atoms with Crippen molar-refractivity contribution in [2.75, 3.05) is 6.54 Å². The van der Waals surface area contributed by atoms with Crippen LogP contribution in [0, 0.1) is 11.7 Å². The number of benzene rings is 1. The van der Waals surface area contributed by atoms with E-state index in [1.54, 1.807) is 12.1 Å². The van der Waals surface area contributed by atoms with E-state index in [2.05, 4.69) is 17.1 Å². The normalized spacial score (nSPS) is 19.6. The Morgan fingerprint density at radius 3 is 2.67 bits per heavy atom. The van der Waals surface area contributed by atoms with Crippen molar-refractivity contribution in [1.29, 1.82) is 0 Å². The maximum atomic E-state index is 13.8. The Balaban J connectivity index is 1.57. The standard InChI is InChI=1S/C17H23FN2O/c1-12(13-6-7-13)19-17(21)11-20(15-8-9-15)10-14-4-2-3-5-16(14)18/h2-5,12-13,15H,6-11H2,1H3,(H,19,21). The van der Waals surface area contributed by atoms with Crippen LogP contribution in [0.15, 0.2) is 24.3 Å². The van der Waals surface area contributed by atoms with Crippen molar-refractivity contribution < 1.29 is 9.18 Å². The Morgan fingerprint density at radius 1 is 1.33 bits per heavy atom. The van der Waals surface area contributed by atoms with Crippen molar-refractivity contribution in [2.24, 2.45) is 5.92 Å². The van der Waals surface area contributed by atoms with E-state index in [0.29, 0.717) is 30.6 Å². The van der Waals surface area contributed by atoms with Gasteiger partial charge in [-0.3, -0.25) is 9.69 Å². The number of amides is 1. The molecule has 1 N–H and O–H groups in total. The first-order valence-electron chi connectivity index (χ1n) is 7.90. The van der Waals surface area contributed by atoms with Gasteiger partial charge in [0.25, 0.3) is 0 Å². The first kappa shape index (κ1) is 14.5. The topological polar surface area (TPSA) is 32.3 Å². The summed E-state index contributed by atoms with van der Waals surface area (Å²) in [6.07, 6.45) is 4.67. The summed E-state index contributed by atoms with van der Waals surface area (Å²) in [5, 5.41) is 3.08. The van der Waals surface area contributed by atoms with E-state index in [-0.39, 0.29) is 17.8 Å². The van der Waals surface area contributed by atoms with E-state index < -0.39 is 0 Å². The fourth-order valence-electron chi connectivity index (χ4n) is 2.80. The molecule has 2 fully saturated rings. The van der Waals surface area contributed by atoms with Crippen LogP contribution in [0.2, 0.25) is 0 Å². The van der Waals surface area contributed by atoms with Gasteiger partial charge in [0, 0.05) is 24.2 Å². The van der Waals surface area contributed by atoms with Crippen molar-refractivity contribution in [2.45, 2.75) is 51.2 Å². The van der Waals surface area contributed by atoms with E-state index in [0.717, 1.165) is 12.8 Å². The molecule has 3 rings (SSSR count). The van der Waals surface area contributed by atoms with Gasteiger partial charge in [-0.05, 0) is 44.6 Å². The second kappa shape index (κ2) is 6.14. The van der Waals surface area contributed by atoms with Crippen LogP contribution < -0.4 is 5.32 Å². The Hall–Kier alpha value is -1.42. The molecule has 1 unspecified atom stereocenters. The molecule has 0 radical (unpaired) electrons. The minimum absolute atomic E-state index is 0.0673. The highest BCUT2D eigenvalue weighted by Gasteiger charge is 2.32. The van der Waals surface area contributed by atoms with Crippen LogP contribution in [-0.4, -0.2) is 29.4 Å². The number of nitrogens with zero attached hydrogens (tertiary/aromatic N) is 1. The van der Waals surface area contributed by atoms with Crippen molar-refractivity contribution in [3.8, 4) is 0 Å². The van der Waals surface area contributed by atoms with Crippen LogP contribution in [0.1, 0.15) is 38.2 Å². The summed E-state index contributed by atoms with van der Waals surface area (Å²) in [7, 11) is 0. The zero-order valence-electron chi connectivity index (χ0n) is 12.5. The van der Waals surface area contributed by atoms with Gasteiger partial charge < -0.3 is 5.32 Å². The Morgan fingerprint density at radius 2 is 2.05 bits per heavy atom. The van der Waals surface area contributed by atoms with Crippen molar-refractivity contribution >= 4 is 5.91 Å². The van der Waals surface area contributed by atoms with E-state index in [1.807, 2.05) is 6.07 Å². The lowest BCUT2D eigenvalue weighted by Crippen LogP contribution is -2.42. The predicted molar refractivity (Wildman–Crippen MR) is 80.2 cm³/mol. The molecule has 4 heteroatoms. The Labute approximate surface area is 125 Å². The highest BCUT2D eigenvalue weighted by molar-refractivity contribution is 5.78. The predicted octanol–water partition coefficient (Wildman–Crippen LogP) is 2.70. The molecule has 0 aromatic heterocycles. The van der Waals surface area contributed by atoms with Gasteiger partial charge in [0.2, 0.25) is 5.91 Å². The highest BCUT2D eigenvalue weighted by Crippen LogP contribution is 2.32. The fourth-order valence-corrected chi connectivity index (χ4v) is 2.80. The molecular weight excluding hydrogens is 267 g/mol. The van der Waals surface area contributed by atoms with Gasteiger partial charge in [-0.1, -0.05) is 18.2 Å². The average Bonchev–Trinajstić information content (AvgIpc) is 3.31. The maximum Gasteiger partial charge on any atom is 0.234 e. The zero-order valence-corrected chi connectivity index (χ0v) is 12.5. The number of nitrogens with one attached hydrogen (secondary N) is 1. The molecule has 0 bridgehead atoms. The van der Waals surface area contributed by atoms with E-state index in [9.17, 15) is 9.18 Å². The molecule has 2 saturated carbocycles. The quantitative estimate of drug-likeness (QED) is 0.837. The first-order chi connectivity index (χ1) is 10.1. The number of hydrogen-bond donors (Lipinski definition) is 1. The number of hydrogen-bond acceptors (Lipinski definition) is 2.